The van der Waals surface area contributed by atoms with Crippen molar-refractivity contribution in [2.75, 3.05) is 0 Å². The first-order valence-corrected chi connectivity index (χ1v) is 13.5. The van der Waals surface area contributed by atoms with Crippen LogP contribution in [0.1, 0.15) is 0 Å². The number of para-hydroxylation sites is 3. The van der Waals surface area contributed by atoms with Gasteiger partial charge >= 0.3 is 0 Å². The fourth-order valence-corrected chi connectivity index (χ4v) is 5.28. The number of nitrogens with zero attached hydrogens (tertiary/aromatic N) is 7. The number of imidazole rings is 1. The van der Waals surface area contributed by atoms with Gasteiger partial charge in [0.15, 0.2) is 23.1 Å². The zero-order chi connectivity index (χ0) is 28.0. The van der Waals surface area contributed by atoms with E-state index in [2.05, 4.69) is 4.98 Å². The van der Waals surface area contributed by atoms with Crippen LogP contribution in [-0.2, 0) is 0 Å². The molecule has 8 aromatic rings. The SMILES string of the molecule is O=c1nc2n(-c3ccccc3)c3ccccc3n2c2nc(-c3nc(-c4ccccc4)nc(-c4ccccc4)n3)ccc12. The molecule has 8 rings (SSSR count). The molecule has 0 fully saturated rings. The van der Waals surface area contributed by atoms with Crippen LogP contribution < -0.4 is 5.56 Å². The molecule has 0 N–H and O–H groups in total. The van der Waals surface area contributed by atoms with Gasteiger partial charge in [0.25, 0.3) is 5.56 Å². The minimum atomic E-state index is -0.352. The number of hydrogen-bond donors (Lipinski definition) is 0. The number of benzene rings is 4. The molecule has 0 aliphatic heterocycles. The van der Waals surface area contributed by atoms with E-state index in [1.165, 1.54) is 0 Å². The second-order valence-electron chi connectivity index (χ2n) is 9.82. The lowest BCUT2D eigenvalue weighted by Gasteiger charge is -2.09. The van der Waals surface area contributed by atoms with Crippen molar-refractivity contribution in [3.05, 3.63) is 138 Å². The van der Waals surface area contributed by atoms with Gasteiger partial charge in [0.2, 0.25) is 5.78 Å². The molecule has 4 aromatic carbocycles. The first kappa shape index (κ1) is 23.8. The molecule has 0 atom stereocenters. The highest BCUT2D eigenvalue weighted by atomic mass is 16.1. The Morgan fingerprint density at radius 2 is 1.02 bits per heavy atom. The first-order valence-electron chi connectivity index (χ1n) is 13.5. The third kappa shape index (κ3) is 3.85. The summed E-state index contributed by atoms with van der Waals surface area (Å²) in [6.07, 6.45) is 0. The molecule has 0 saturated carbocycles. The van der Waals surface area contributed by atoms with Crippen molar-refractivity contribution in [1.82, 2.24) is 33.9 Å². The average Bonchev–Trinajstić information content (AvgIpc) is 3.39. The minimum absolute atomic E-state index is 0.352. The Morgan fingerprint density at radius 1 is 0.476 bits per heavy atom. The van der Waals surface area contributed by atoms with E-state index in [1.807, 2.05) is 124 Å². The molecular formula is C34H21N7O. The van der Waals surface area contributed by atoms with Crippen LogP contribution in [0.15, 0.2) is 132 Å². The molecule has 4 aromatic heterocycles. The number of hydrogen-bond acceptors (Lipinski definition) is 6. The summed E-state index contributed by atoms with van der Waals surface area (Å²) in [5.74, 6) is 1.97. The zero-order valence-corrected chi connectivity index (χ0v) is 22.2. The largest absolute Gasteiger partial charge is 0.284 e. The second-order valence-corrected chi connectivity index (χ2v) is 9.82. The molecule has 0 amide bonds. The summed E-state index contributed by atoms with van der Waals surface area (Å²) in [6, 6.07) is 41.0. The van der Waals surface area contributed by atoms with E-state index >= 15 is 0 Å². The summed E-state index contributed by atoms with van der Waals surface area (Å²) in [6.45, 7) is 0. The number of rotatable bonds is 4. The van der Waals surface area contributed by atoms with Crippen LogP contribution in [0.2, 0.25) is 0 Å². The Kier molecular flexibility index (Phi) is 5.43. The molecule has 8 nitrogen and oxygen atoms in total. The molecule has 8 heteroatoms. The number of aromatic nitrogens is 7. The standard InChI is InChI=1S/C34H21N7O/c42-33-25-20-21-26(31-37-29(22-12-4-1-5-13-22)36-30(38-31)23-14-6-2-7-15-23)35-32(25)41-28-19-11-10-18-27(28)40(34(41)39-33)24-16-8-3-9-17-24/h1-21H. The maximum atomic E-state index is 13.4. The quantitative estimate of drug-likeness (QED) is 0.256. The smallest absolute Gasteiger partial charge is 0.278 e. The highest BCUT2D eigenvalue weighted by Crippen LogP contribution is 2.28. The summed E-state index contributed by atoms with van der Waals surface area (Å²) >= 11 is 0. The molecule has 4 heterocycles. The van der Waals surface area contributed by atoms with E-state index in [1.54, 1.807) is 12.1 Å². The van der Waals surface area contributed by atoms with E-state index in [0.29, 0.717) is 40.0 Å². The predicted molar refractivity (Wildman–Crippen MR) is 163 cm³/mol. The van der Waals surface area contributed by atoms with Crippen LogP contribution in [0.5, 0.6) is 0 Å². The fraction of sp³-hybridized carbons (Fsp3) is 0. The Balaban J connectivity index is 1.42. The lowest BCUT2D eigenvalue weighted by atomic mass is 10.2. The lowest BCUT2D eigenvalue weighted by molar-refractivity contribution is 1.04. The van der Waals surface area contributed by atoms with Crippen molar-refractivity contribution >= 4 is 27.8 Å². The van der Waals surface area contributed by atoms with Gasteiger partial charge in [0.1, 0.15) is 5.69 Å². The Hall–Kier alpha value is -6.02. The highest BCUT2D eigenvalue weighted by molar-refractivity contribution is 5.90. The molecule has 42 heavy (non-hydrogen) atoms. The topological polar surface area (TPSA) is 90.9 Å². The minimum Gasteiger partial charge on any atom is -0.278 e. The number of pyridine rings is 1. The van der Waals surface area contributed by atoms with Crippen molar-refractivity contribution in [3.63, 3.8) is 0 Å². The molecule has 0 radical (unpaired) electrons. The van der Waals surface area contributed by atoms with E-state index in [9.17, 15) is 4.79 Å². The second kappa shape index (κ2) is 9.57. The van der Waals surface area contributed by atoms with Gasteiger partial charge in [-0.3, -0.25) is 13.8 Å². The molecule has 0 unspecified atom stereocenters. The van der Waals surface area contributed by atoms with Gasteiger partial charge in [-0.15, -0.1) is 0 Å². The molecule has 198 valence electrons. The van der Waals surface area contributed by atoms with Crippen molar-refractivity contribution in [2.45, 2.75) is 0 Å². The van der Waals surface area contributed by atoms with Crippen LogP contribution in [0.4, 0.5) is 0 Å². The van der Waals surface area contributed by atoms with Gasteiger partial charge in [-0.05, 0) is 36.4 Å². The summed E-state index contributed by atoms with van der Waals surface area (Å²) in [4.78, 5) is 37.3. The fourth-order valence-electron chi connectivity index (χ4n) is 5.28. The summed E-state index contributed by atoms with van der Waals surface area (Å²) in [5.41, 5.74) is 5.08. The molecule has 0 saturated heterocycles. The molecule has 0 spiro atoms. The zero-order valence-electron chi connectivity index (χ0n) is 22.2. The Morgan fingerprint density at radius 3 is 1.67 bits per heavy atom. The van der Waals surface area contributed by atoms with Gasteiger partial charge in [-0.25, -0.2) is 19.9 Å². The molecule has 0 aliphatic carbocycles. The van der Waals surface area contributed by atoms with Crippen LogP contribution in [0.3, 0.4) is 0 Å². The van der Waals surface area contributed by atoms with Crippen molar-refractivity contribution in [3.8, 4) is 40.0 Å². The van der Waals surface area contributed by atoms with Crippen LogP contribution in [-0.4, -0.2) is 33.9 Å². The summed E-state index contributed by atoms with van der Waals surface area (Å²) < 4.78 is 3.91. The van der Waals surface area contributed by atoms with Crippen molar-refractivity contribution in [2.24, 2.45) is 0 Å². The molecule has 0 bridgehead atoms. The third-order valence-corrected chi connectivity index (χ3v) is 7.23. The van der Waals surface area contributed by atoms with Gasteiger partial charge < -0.3 is 0 Å². The van der Waals surface area contributed by atoms with Crippen molar-refractivity contribution in [1.29, 1.82) is 0 Å². The third-order valence-electron chi connectivity index (χ3n) is 7.23. The monoisotopic (exact) mass is 543 g/mol. The molecular weight excluding hydrogens is 522 g/mol. The summed E-state index contributed by atoms with van der Waals surface area (Å²) in [5, 5.41) is 0.410. The first-order chi connectivity index (χ1) is 20.7. The van der Waals surface area contributed by atoms with Gasteiger partial charge in [0, 0.05) is 16.8 Å². The van der Waals surface area contributed by atoms with Crippen LogP contribution in [0, 0.1) is 0 Å². The van der Waals surface area contributed by atoms with E-state index in [0.717, 1.165) is 27.8 Å². The van der Waals surface area contributed by atoms with Gasteiger partial charge in [0.05, 0.1) is 16.4 Å². The van der Waals surface area contributed by atoms with Gasteiger partial charge in [-0.2, -0.15) is 4.98 Å². The Bertz CT molecular complexity index is 2260. The normalized spacial score (nSPS) is 11.4. The predicted octanol–water partition coefficient (Wildman–Crippen LogP) is 6.37. The van der Waals surface area contributed by atoms with Gasteiger partial charge in [-0.1, -0.05) is 91.0 Å². The van der Waals surface area contributed by atoms with E-state index in [-0.39, 0.29) is 5.56 Å². The lowest BCUT2D eigenvalue weighted by Crippen LogP contribution is -2.13. The van der Waals surface area contributed by atoms with E-state index in [4.69, 9.17) is 19.9 Å². The maximum Gasteiger partial charge on any atom is 0.284 e. The summed E-state index contributed by atoms with van der Waals surface area (Å²) in [7, 11) is 0. The van der Waals surface area contributed by atoms with Crippen LogP contribution >= 0.6 is 0 Å². The number of fused-ring (bicyclic) bond motifs is 5. The van der Waals surface area contributed by atoms with E-state index < -0.39 is 0 Å². The Labute approximate surface area is 239 Å². The highest BCUT2D eigenvalue weighted by Gasteiger charge is 2.19. The molecule has 0 aliphatic rings. The maximum absolute atomic E-state index is 13.4. The average molecular weight is 544 g/mol. The van der Waals surface area contributed by atoms with Crippen molar-refractivity contribution < 1.29 is 0 Å². The van der Waals surface area contributed by atoms with Crippen LogP contribution in [0.25, 0.3) is 67.8 Å².